The average Bonchev–Trinajstić information content (AvgIpc) is 2.92. The van der Waals surface area contributed by atoms with Gasteiger partial charge < -0.3 is 4.74 Å². The summed E-state index contributed by atoms with van der Waals surface area (Å²) in [5.74, 6) is -0.553. The zero-order valence-corrected chi connectivity index (χ0v) is 16.9. The predicted octanol–water partition coefficient (Wildman–Crippen LogP) is 4.60. The Morgan fingerprint density at radius 2 is 2.04 bits per heavy atom. The molecule has 2 aliphatic rings. The van der Waals surface area contributed by atoms with Crippen LogP contribution in [0.4, 0.5) is 0 Å². The molecule has 0 bridgehead atoms. The lowest BCUT2D eigenvalue weighted by atomic mass is 9.94. The van der Waals surface area contributed by atoms with Crippen LogP contribution in [0.1, 0.15) is 38.8 Å². The number of carbonyl (C=O) groups is 2. The van der Waals surface area contributed by atoms with Crippen LogP contribution >= 0.6 is 35.0 Å². The van der Waals surface area contributed by atoms with Crippen LogP contribution in [0.15, 0.2) is 34.5 Å². The van der Waals surface area contributed by atoms with E-state index in [4.69, 9.17) is 27.9 Å². The Morgan fingerprint density at radius 3 is 2.65 bits per heavy atom. The lowest BCUT2D eigenvalue weighted by Gasteiger charge is -2.33. The van der Waals surface area contributed by atoms with Crippen LogP contribution in [0.25, 0.3) is 0 Å². The van der Waals surface area contributed by atoms with Gasteiger partial charge >= 0.3 is 5.97 Å². The van der Waals surface area contributed by atoms with E-state index in [2.05, 4.69) is 4.99 Å². The number of rotatable bonds is 4. The number of amides is 1. The summed E-state index contributed by atoms with van der Waals surface area (Å²) in [6.45, 7) is 5.69. The Hall–Kier alpha value is -1.50. The maximum Gasteiger partial charge on any atom is 0.338 e. The molecular weight excluding hydrogens is 395 g/mol. The monoisotopic (exact) mass is 412 g/mol. The number of amidine groups is 1. The summed E-state index contributed by atoms with van der Waals surface area (Å²) in [6, 6.07) is 4.48. The quantitative estimate of drug-likeness (QED) is 0.678. The largest absolute Gasteiger partial charge is 0.463 e. The van der Waals surface area contributed by atoms with E-state index >= 15 is 0 Å². The van der Waals surface area contributed by atoms with Crippen molar-refractivity contribution in [3.05, 3.63) is 45.1 Å². The van der Waals surface area contributed by atoms with Gasteiger partial charge in [-0.25, -0.2) is 9.79 Å². The third-order valence-corrected chi connectivity index (χ3v) is 6.33. The molecule has 0 aliphatic carbocycles. The van der Waals surface area contributed by atoms with E-state index in [0.29, 0.717) is 38.5 Å². The Kier molecular flexibility index (Phi) is 5.65. The Bertz CT molecular complexity index is 838. The SMILES string of the molecule is CCOC(=O)C1=C(C)N=C2SC(CC)C(=O)N2C1c1ccc(Cl)c(Cl)c1. The van der Waals surface area contributed by atoms with Crippen molar-refractivity contribution in [2.24, 2.45) is 4.99 Å². The molecule has 0 saturated carbocycles. The minimum atomic E-state index is -0.632. The summed E-state index contributed by atoms with van der Waals surface area (Å²) in [5.41, 5.74) is 1.59. The summed E-state index contributed by atoms with van der Waals surface area (Å²) in [5, 5.41) is 1.16. The van der Waals surface area contributed by atoms with Gasteiger partial charge in [0.05, 0.1) is 39.2 Å². The molecule has 1 amide bonds. The van der Waals surface area contributed by atoms with Gasteiger partial charge in [-0.15, -0.1) is 0 Å². The zero-order valence-electron chi connectivity index (χ0n) is 14.6. The van der Waals surface area contributed by atoms with Crippen LogP contribution in [-0.4, -0.2) is 33.8 Å². The number of hydrogen-bond acceptors (Lipinski definition) is 5. The van der Waals surface area contributed by atoms with E-state index in [1.54, 1.807) is 36.9 Å². The van der Waals surface area contributed by atoms with Crippen LogP contribution < -0.4 is 0 Å². The van der Waals surface area contributed by atoms with Gasteiger partial charge in [-0.05, 0) is 38.0 Å². The molecule has 1 fully saturated rings. The minimum Gasteiger partial charge on any atom is -0.463 e. The number of allylic oxidation sites excluding steroid dienone is 1. The molecule has 2 unspecified atom stereocenters. The number of nitrogens with zero attached hydrogens (tertiary/aromatic N) is 2. The molecule has 1 saturated heterocycles. The van der Waals surface area contributed by atoms with Crippen LogP contribution in [0, 0.1) is 0 Å². The minimum absolute atomic E-state index is 0.0679. The van der Waals surface area contributed by atoms with E-state index < -0.39 is 12.0 Å². The average molecular weight is 413 g/mol. The third-order valence-electron chi connectivity index (χ3n) is 4.28. The second-order valence-corrected chi connectivity index (χ2v) is 7.90. The Balaban J connectivity index is 2.16. The number of benzene rings is 1. The molecule has 2 heterocycles. The van der Waals surface area contributed by atoms with Gasteiger partial charge in [0.25, 0.3) is 0 Å². The molecule has 1 aromatic rings. The van der Waals surface area contributed by atoms with Gasteiger partial charge in [0.2, 0.25) is 5.91 Å². The molecule has 0 aromatic heterocycles. The Morgan fingerprint density at radius 1 is 1.31 bits per heavy atom. The van der Waals surface area contributed by atoms with Crippen molar-refractivity contribution in [2.45, 2.75) is 38.5 Å². The number of ether oxygens (including phenoxy) is 1. The standard InChI is InChI=1S/C18H18Cl2N2O3S/c1-4-13-16(23)22-15(10-6-7-11(19)12(20)8-10)14(17(24)25-5-2)9(3)21-18(22)26-13/h6-8,13,15H,4-5H2,1-3H3. The van der Waals surface area contributed by atoms with E-state index in [9.17, 15) is 9.59 Å². The van der Waals surface area contributed by atoms with Crippen molar-refractivity contribution in [2.75, 3.05) is 6.61 Å². The van der Waals surface area contributed by atoms with Crippen molar-refractivity contribution < 1.29 is 14.3 Å². The molecule has 0 radical (unpaired) electrons. The maximum absolute atomic E-state index is 12.9. The molecular formula is C18H18Cl2N2O3S. The second-order valence-electron chi connectivity index (χ2n) is 5.91. The highest BCUT2D eigenvalue weighted by Crippen LogP contribution is 2.44. The Labute approximate surface area is 166 Å². The van der Waals surface area contributed by atoms with E-state index in [1.165, 1.54) is 11.8 Å². The first-order valence-corrected chi connectivity index (χ1v) is 9.93. The molecule has 5 nitrogen and oxygen atoms in total. The smallest absolute Gasteiger partial charge is 0.338 e. The number of hydrogen-bond donors (Lipinski definition) is 0. The van der Waals surface area contributed by atoms with Gasteiger partial charge in [-0.3, -0.25) is 9.69 Å². The summed E-state index contributed by atoms with van der Waals surface area (Å²) in [4.78, 5) is 31.6. The molecule has 3 rings (SSSR count). The number of thioether (sulfide) groups is 1. The summed E-state index contributed by atoms with van der Waals surface area (Å²) in [7, 11) is 0. The van der Waals surface area contributed by atoms with Gasteiger partial charge in [0, 0.05) is 0 Å². The highest BCUT2D eigenvalue weighted by atomic mass is 35.5. The number of aliphatic imine (C=N–C) groups is 1. The molecule has 0 N–H and O–H groups in total. The van der Waals surface area contributed by atoms with Gasteiger partial charge in [-0.1, -0.05) is 48.0 Å². The van der Waals surface area contributed by atoms with Crippen LogP contribution in [0.5, 0.6) is 0 Å². The molecule has 2 atom stereocenters. The molecule has 8 heteroatoms. The predicted molar refractivity (Wildman–Crippen MR) is 104 cm³/mol. The maximum atomic E-state index is 12.9. The summed E-state index contributed by atoms with van der Waals surface area (Å²) in [6.07, 6.45) is 0.681. The summed E-state index contributed by atoms with van der Waals surface area (Å²) < 4.78 is 5.22. The molecule has 138 valence electrons. The van der Waals surface area contributed by atoms with Gasteiger partial charge in [-0.2, -0.15) is 0 Å². The second kappa shape index (κ2) is 7.62. The first-order valence-electron chi connectivity index (χ1n) is 8.30. The van der Waals surface area contributed by atoms with Gasteiger partial charge in [0.15, 0.2) is 5.17 Å². The lowest BCUT2D eigenvalue weighted by molar-refractivity contribution is -0.139. The zero-order chi connectivity index (χ0) is 19.0. The van der Waals surface area contributed by atoms with Crippen molar-refractivity contribution >= 4 is 52.0 Å². The lowest BCUT2D eigenvalue weighted by Crippen LogP contribution is -2.40. The van der Waals surface area contributed by atoms with Crippen LogP contribution in [0.2, 0.25) is 10.0 Å². The summed E-state index contributed by atoms with van der Waals surface area (Å²) >= 11 is 13.6. The molecule has 0 spiro atoms. The van der Waals surface area contributed by atoms with Crippen molar-refractivity contribution in [1.29, 1.82) is 0 Å². The topological polar surface area (TPSA) is 59.0 Å². The first-order chi connectivity index (χ1) is 12.4. The fraction of sp³-hybridized carbons (Fsp3) is 0.389. The molecule has 2 aliphatic heterocycles. The number of carbonyl (C=O) groups excluding carboxylic acids is 2. The first kappa shape index (κ1) is 19.3. The number of esters is 1. The highest BCUT2D eigenvalue weighted by molar-refractivity contribution is 8.15. The highest BCUT2D eigenvalue weighted by Gasteiger charge is 2.47. The van der Waals surface area contributed by atoms with Crippen molar-refractivity contribution in [3.8, 4) is 0 Å². The molecule has 26 heavy (non-hydrogen) atoms. The van der Waals surface area contributed by atoms with E-state index in [0.717, 1.165) is 0 Å². The fourth-order valence-corrected chi connectivity index (χ4v) is 4.50. The number of halogens is 2. The van der Waals surface area contributed by atoms with Crippen LogP contribution in [-0.2, 0) is 14.3 Å². The van der Waals surface area contributed by atoms with Gasteiger partial charge in [0.1, 0.15) is 0 Å². The fourth-order valence-electron chi connectivity index (χ4n) is 3.06. The van der Waals surface area contributed by atoms with E-state index in [1.807, 2.05) is 6.92 Å². The van der Waals surface area contributed by atoms with Crippen molar-refractivity contribution in [1.82, 2.24) is 4.90 Å². The van der Waals surface area contributed by atoms with Crippen molar-refractivity contribution in [3.63, 3.8) is 0 Å². The normalized spacial score (nSPS) is 22.4. The molecule has 1 aromatic carbocycles. The van der Waals surface area contributed by atoms with E-state index in [-0.39, 0.29) is 17.8 Å². The van der Waals surface area contributed by atoms with Crippen LogP contribution in [0.3, 0.4) is 0 Å². The third kappa shape index (κ3) is 3.26. The number of fused-ring (bicyclic) bond motifs is 1.